The minimum absolute atomic E-state index is 0.0186. The van der Waals surface area contributed by atoms with E-state index in [2.05, 4.69) is 5.32 Å². The summed E-state index contributed by atoms with van der Waals surface area (Å²) in [6.45, 7) is 10.5. The molecule has 2 N–H and O–H groups in total. The van der Waals surface area contributed by atoms with Gasteiger partial charge in [0.05, 0.1) is 70.5 Å². The number of carboxylic acid groups (broad SMARTS) is 1. The lowest BCUT2D eigenvalue weighted by Crippen LogP contribution is -2.45. The second kappa shape index (κ2) is 27.9. The molecule has 0 radical (unpaired) electrons. The molecule has 15 nitrogen and oxygen atoms in total. The monoisotopic (exact) mass is 980 g/mol. The molecule has 3 heterocycles. The highest BCUT2D eigenvalue weighted by atomic mass is 32.2. The number of carbonyl (C=O) groups excluding carboxylic acids is 5. The fourth-order valence-electron chi connectivity index (χ4n) is 8.24. The summed E-state index contributed by atoms with van der Waals surface area (Å²) in [4.78, 5) is 77.6. The van der Waals surface area contributed by atoms with Gasteiger partial charge in [0.15, 0.2) is 5.78 Å². The molecule has 3 aromatic rings. The first kappa shape index (κ1) is 54.8. The molecule has 2 aliphatic rings. The van der Waals surface area contributed by atoms with Crippen molar-refractivity contribution in [2.75, 3.05) is 90.5 Å². The van der Waals surface area contributed by atoms with E-state index in [9.17, 15) is 38.3 Å². The summed E-state index contributed by atoms with van der Waals surface area (Å²) in [7, 11) is 0. The van der Waals surface area contributed by atoms with Crippen molar-refractivity contribution in [3.63, 3.8) is 0 Å². The predicted molar refractivity (Wildman–Crippen MR) is 256 cm³/mol. The minimum atomic E-state index is -1.12. The highest BCUT2D eigenvalue weighted by Gasteiger charge is 2.39. The van der Waals surface area contributed by atoms with Gasteiger partial charge in [-0.1, -0.05) is 51.1 Å². The molecule has 0 spiro atoms. The first-order valence-electron chi connectivity index (χ1n) is 23.5. The summed E-state index contributed by atoms with van der Waals surface area (Å²) >= 11 is 1.18. The van der Waals surface area contributed by atoms with Gasteiger partial charge in [-0.05, 0) is 67.1 Å². The third-order valence-corrected chi connectivity index (χ3v) is 12.8. The van der Waals surface area contributed by atoms with Gasteiger partial charge in [-0.15, -0.1) is 0 Å². The van der Waals surface area contributed by atoms with E-state index in [0.717, 1.165) is 60.0 Å². The molecule has 0 saturated carbocycles. The van der Waals surface area contributed by atoms with Gasteiger partial charge >= 0.3 is 5.97 Å². The molecule has 5 rings (SSSR count). The maximum Gasteiger partial charge on any atom is 0.307 e. The fourth-order valence-corrected chi connectivity index (χ4v) is 9.24. The van der Waals surface area contributed by atoms with E-state index in [1.807, 2.05) is 72.8 Å². The van der Waals surface area contributed by atoms with Crippen molar-refractivity contribution in [1.29, 1.82) is 0 Å². The van der Waals surface area contributed by atoms with Crippen LogP contribution in [0.25, 0.3) is 11.1 Å². The normalized spacial score (nSPS) is 15.8. The van der Waals surface area contributed by atoms with Crippen LogP contribution in [0.5, 0.6) is 0 Å². The van der Waals surface area contributed by atoms with E-state index in [1.54, 1.807) is 0 Å². The number of hydrogen-bond donors (Lipinski definition) is 2. The lowest BCUT2D eigenvalue weighted by Gasteiger charge is -2.42. The topological polar surface area (TPSA) is 183 Å². The van der Waals surface area contributed by atoms with Crippen LogP contribution < -0.4 is 5.32 Å². The average Bonchev–Trinajstić information content (AvgIpc) is 4.06. The summed E-state index contributed by atoms with van der Waals surface area (Å²) in [5.41, 5.74) is 1.83. The maximum absolute atomic E-state index is 15.3. The van der Waals surface area contributed by atoms with E-state index in [-0.39, 0.29) is 86.1 Å². The second-order valence-electron chi connectivity index (χ2n) is 18.3. The Hall–Kier alpha value is -5.11. The molecule has 376 valence electrons. The number of hydrogen-bond acceptors (Lipinski definition) is 12. The van der Waals surface area contributed by atoms with E-state index < -0.39 is 46.8 Å². The van der Waals surface area contributed by atoms with Crippen LogP contribution >= 0.6 is 11.8 Å². The van der Waals surface area contributed by atoms with Gasteiger partial charge < -0.3 is 38.8 Å². The number of amides is 3. The number of carboxylic acids is 1. The van der Waals surface area contributed by atoms with Crippen LogP contribution in [-0.2, 0) is 54.3 Å². The second-order valence-corrected chi connectivity index (χ2v) is 19.3. The van der Waals surface area contributed by atoms with Gasteiger partial charge in [0, 0.05) is 79.9 Å². The van der Waals surface area contributed by atoms with Crippen LogP contribution in [0.4, 0.5) is 8.78 Å². The highest BCUT2D eigenvalue weighted by Crippen LogP contribution is 2.42. The number of imide groups is 1. The number of ether oxygens (including phenoxy) is 4. The lowest BCUT2D eigenvalue weighted by molar-refractivity contribution is -0.143. The number of nitrogens with one attached hydrogen (secondary N) is 1. The Balaban J connectivity index is 1.04. The van der Waals surface area contributed by atoms with Crippen LogP contribution in [0.15, 0.2) is 72.9 Å². The Labute approximate surface area is 407 Å². The summed E-state index contributed by atoms with van der Waals surface area (Å²) < 4.78 is 53.7. The predicted octanol–water partition coefficient (Wildman–Crippen LogP) is 6.13. The molecule has 3 atom stereocenters. The van der Waals surface area contributed by atoms with E-state index in [1.165, 1.54) is 17.8 Å². The summed E-state index contributed by atoms with van der Waals surface area (Å²) in [6.07, 6.45) is 5.44. The Bertz CT molecular complexity index is 2190. The first-order chi connectivity index (χ1) is 33.1. The summed E-state index contributed by atoms with van der Waals surface area (Å²) in [5.74, 6) is -4.69. The van der Waals surface area contributed by atoms with Crippen molar-refractivity contribution in [3.8, 4) is 11.1 Å². The number of thioether (sulfide) groups is 1. The van der Waals surface area contributed by atoms with Crippen molar-refractivity contribution in [1.82, 2.24) is 19.7 Å². The van der Waals surface area contributed by atoms with Crippen LogP contribution in [0.1, 0.15) is 70.2 Å². The van der Waals surface area contributed by atoms with Crippen molar-refractivity contribution in [3.05, 3.63) is 95.8 Å². The number of rotatable bonds is 32. The molecule has 69 heavy (non-hydrogen) atoms. The van der Waals surface area contributed by atoms with Gasteiger partial charge in [-0.25, -0.2) is 8.78 Å². The lowest BCUT2D eigenvalue weighted by atomic mass is 9.82. The zero-order valence-corrected chi connectivity index (χ0v) is 40.7. The number of carbonyl (C=O) groups is 6. The molecule has 1 aromatic heterocycles. The number of nitrogens with zero attached hydrogens (tertiary/aromatic N) is 3. The van der Waals surface area contributed by atoms with Crippen molar-refractivity contribution >= 4 is 47.0 Å². The third kappa shape index (κ3) is 18.0. The highest BCUT2D eigenvalue weighted by molar-refractivity contribution is 7.99. The average molecular weight is 981 g/mol. The largest absolute Gasteiger partial charge is 0.481 e. The molecule has 3 amide bonds. The van der Waals surface area contributed by atoms with Crippen molar-refractivity contribution in [2.24, 2.45) is 17.3 Å². The zero-order valence-electron chi connectivity index (χ0n) is 39.8. The Morgan fingerprint density at radius 3 is 2.13 bits per heavy atom. The molecule has 18 heteroatoms. The fraction of sp³-hybridized carbons (Fsp3) is 0.529. The number of aliphatic carboxylic acids is 1. The van der Waals surface area contributed by atoms with Gasteiger partial charge in [-0.3, -0.25) is 33.7 Å². The van der Waals surface area contributed by atoms with E-state index in [0.29, 0.717) is 58.1 Å². The standard InChI is InChI=1S/C51H66F2N4O11S/c1-51(2,3)49(45-27-38(43-28-40(52)11-12-44(43)53)32-55(45)30-36-8-5-4-6-9-36)57(31-37-15-17-54-29-37)48(62)35-69-34-39(50(63)64)26-41(58)16-19-66-21-23-68-25-24-67-22-20-65-18-7-10-42(59)33-56-46(60)13-14-47(56)61/h4-6,8-9,11-14,27-28,32,37,39,49,54H,7,10,15-26,29-31,33-35H2,1-3H3,(H,63,64)/t37?,39-,49-/m0/s1. The van der Waals surface area contributed by atoms with Crippen LogP contribution in [0.2, 0.25) is 0 Å². The minimum Gasteiger partial charge on any atom is -0.481 e. The molecular formula is C51H66F2N4O11S. The molecule has 2 aliphatic heterocycles. The summed E-state index contributed by atoms with van der Waals surface area (Å²) in [6, 6.07) is 14.5. The van der Waals surface area contributed by atoms with Crippen molar-refractivity contribution < 1.29 is 61.6 Å². The number of aromatic nitrogens is 1. The van der Waals surface area contributed by atoms with E-state index >= 15 is 4.39 Å². The molecule has 0 bridgehead atoms. The van der Waals surface area contributed by atoms with E-state index in [4.69, 9.17) is 18.9 Å². The molecule has 1 saturated heterocycles. The van der Waals surface area contributed by atoms with Crippen LogP contribution in [-0.4, -0.2) is 145 Å². The zero-order chi connectivity index (χ0) is 49.8. The van der Waals surface area contributed by atoms with Gasteiger partial charge in [-0.2, -0.15) is 11.8 Å². The van der Waals surface area contributed by atoms with Gasteiger partial charge in [0.1, 0.15) is 17.4 Å². The SMILES string of the molecule is CC(C)(C)[C@H](c1cc(-c2cc(F)ccc2F)cn1Cc1ccccc1)N(CC1CCNC1)C(=O)CSC[C@H](CC(=O)CCOCCOCCOCCOCCCC(=O)CN1C(=O)C=CC1=O)C(=O)O. The van der Waals surface area contributed by atoms with Gasteiger partial charge in [0.25, 0.3) is 11.8 Å². The molecular weight excluding hydrogens is 915 g/mol. The number of ketones is 2. The quantitative estimate of drug-likeness (QED) is 0.0539. The van der Waals surface area contributed by atoms with Gasteiger partial charge in [0.2, 0.25) is 5.91 Å². The number of benzene rings is 2. The van der Waals surface area contributed by atoms with Crippen LogP contribution in [0.3, 0.4) is 0 Å². The molecule has 1 unspecified atom stereocenters. The Morgan fingerprint density at radius 2 is 1.51 bits per heavy atom. The van der Waals surface area contributed by atoms with Crippen molar-refractivity contribution in [2.45, 2.75) is 65.5 Å². The molecule has 1 fully saturated rings. The molecule has 0 aliphatic carbocycles. The van der Waals surface area contributed by atoms with Crippen LogP contribution in [0, 0.1) is 28.9 Å². The number of halogens is 2. The smallest absolute Gasteiger partial charge is 0.307 e. The molecule has 2 aromatic carbocycles. The Morgan fingerprint density at radius 1 is 0.855 bits per heavy atom. The third-order valence-electron chi connectivity index (χ3n) is 11.7. The first-order valence-corrected chi connectivity index (χ1v) is 24.6. The summed E-state index contributed by atoms with van der Waals surface area (Å²) in [5, 5.41) is 13.5. The number of Topliss-reactive ketones (excluding diaryl/α,β-unsaturated/α-hetero) is 2. The Kier molecular flexibility index (Phi) is 22.2. The maximum atomic E-state index is 15.3.